The van der Waals surface area contributed by atoms with Crippen LogP contribution in [0.3, 0.4) is 0 Å². The van der Waals surface area contributed by atoms with Crippen molar-refractivity contribution in [1.29, 1.82) is 0 Å². The van der Waals surface area contributed by atoms with Gasteiger partial charge in [0.15, 0.2) is 5.43 Å². The number of benzene rings is 3. The van der Waals surface area contributed by atoms with Crippen LogP contribution in [0.25, 0.3) is 16.9 Å². The number of carbonyl (C=O) groups excluding carboxylic acids is 1. The van der Waals surface area contributed by atoms with Gasteiger partial charge in [0, 0.05) is 33.7 Å². The van der Waals surface area contributed by atoms with Gasteiger partial charge in [0.1, 0.15) is 5.56 Å². The van der Waals surface area contributed by atoms with Crippen molar-refractivity contribution < 1.29 is 4.79 Å². The first-order valence-corrected chi connectivity index (χ1v) is 12.2. The number of rotatable bonds is 6. The maximum Gasteiger partial charge on any atom is 0.261 e. The van der Waals surface area contributed by atoms with Crippen LogP contribution in [0, 0.1) is 13.8 Å². The first-order chi connectivity index (χ1) is 16.8. The summed E-state index contributed by atoms with van der Waals surface area (Å²) in [7, 11) is 0. The molecule has 0 spiro atoms. The number of halogens is 1. The number of para-hydroxylation sites is 1. The van der Waals surface area contributed by atoms with Gasteiger partial charge in [-0.2, -0.15) is 0 Å². The molecule has 1 heterocycles. The van der Waals surface area contributed by atoms with Crippen LogP contribution < -0.4 is 10.7 Å². The Hall–Kier alpha value is -3.63. The molecular weight excluding hydrogens is 456 g/mol. The van der Waals surface area contributed by atoms with Crippen molar-refractivity contribution in [3.63, 3.8) is 0 Å². The summed E-state index contributed by atoms with van der Waals surface area (Å²) >= 11 is 6.33. The fourth-order valence-corrected chi connectivity index (χ4v) is 4.76. The number of nitrogens with one attached hydrogen (secondary N) is 1. The molecule has 3 aromatic carbocycles. The monoisotopic (exact) mass is 484 g/mol. The van der Waals surface area contributed by atoms with Crippen molar-refractivity contribution in [2.45, 2.75) is 40.5 Å². The Morgan fingerprint density at radius 3 is 2.17 bits per heavy atom. The second-order valence-electron chi connectivity index (χ2n) is 8.62. The first kappa shape index (κ1) is 24.5. The van der Waals surface area contributed by atoms with Crippen molar-refractivity contribution in [1.82, 2.24) is 4.57 Å². The largest absolute Gasteiger partial charge is 0.321 e. The van der Waals surface area contributed by atoms with E-state index in [1.54, 1.807) is 6.07 Å². The topological polar surface area (TPSA) is 51.1 Å². The van der Waals surface area contributed by atoms with Crippen LogP contribution in [-0.4, -0.2) is 10.5 Å². The molecule has 178 valence electrons. The Balaban J connectivity index is 2.02. The van der Waals surface area contributed by atoms with Crippen LogP contribution in [-0.2, 0) is 12.8 Å². The molecule has 0 bridgehead atoms. The standard InChI is InChI=1S/C30H29ClN2O2/c1-5-21-12-9-13-22(6-2)28(21)32-30(35)27-26(34)17-20(4)33(24-15-10-14-23(31)18-24)29(27)25-16-8-7-11-19(25)3/h7-18H,5-6H2,1-4H3,(H,32,35). The van der Waals surface area contributed by atoms with Crippen molar-refractivity contribution in [2.24, 2.45) is 0 Å². The molecule has 5 heteroatoms. The molecule has 1 N–H and O–H groups in total. The Morgan fingerprint density at radius 1 is 0.886 bits per heavy atom. The van der Waals surface area contributed by atoms with E-state index in [-0.39, 0.29) is 11.0 Å². The molecule has 0 unspecified atom stereocenters. The van der Waals surface area contributed by atoms with E-state index in [2.05, 4.69) is 19.2 Å². The van der Waals surface area contributed by atoms with Crippen LogP contribution in [0.1, 0.15) is 46.6 Å². The summed E-state index contributed by atoms with van der Waals surface area (Å²) < 4.78 is 1.94. The molecule has 0 fully saturated rings. The highest BCUT2D eigenvalue weighted by Gasteiger charge is 2.24. The second kappa shape index (κ2) is 10.3. The number of amides is 1. The molecule has 35 heavy (non-hydrogen) atoms. The lowest BCUT2D eigenvalue weighted by atomic mass is 9.97. The highest BCUT2D eigenvalue weighted by atomic mass is 35.5. The van der Waals surface area contributed by atoms with Crippen molar-refractivity contribution in [3.8, 4) is 16.9 Å². The summed E-state index contributed by atoms with van der Waals surface area (Å²) in [6.07, 6.45) is 1.55. The van der Waals surface area contributed by atoms with E-state index in [0.29, 0.717) is 10.7 Å². The van der Waals surface area contributed by atoms with Crippen molar-refractivity contribution in [3.05, 3.63) is 116 Å². The van der Waals surface area contributed by atoms with E-state index < -0.39 is 5.91 Å². The average molecular weight is 485 g/mol. The third kappa shape index (κ3) is 4.80. The number of hydrogen-bond acceptors (Lipinski definition) is 2. The van der Waals surface area contributed by atoms with Gasteiger partial charge >= 0.3 is 0 Å². The first-order valence-electron chi connectivity index (χ1n) is 11.9. The van der Waals surface area contributed by atoms with Gasteiger partial charge in [-0.05, 0) is 61.6 Å². The highest BCUT2D eigenvalue weighted by molar-refractivity contribution is 6.30. The third-order valence-corrected chi connectivity index (χ3v) is 6.57. The molecule has 0 aliphatic rings. The molecule has 0 saturated heterocycles. The van der Waals surface area contributed by atoms with E-state index in [0.717, 1.165) is 52.2 Å². The number of carbonyl (C=O) groups is 1. The quantitative estimate of drug-likeness (QED) is 0.316. The Morgan fingerprint density at radius 2 is 1.54 bits per heavy atom. The predicted molar refractivity (Wildman–Crippen MR) is 145 cm³/mol. The highest BCUT2D eigenvalue weighted by Crippen LogP contribution is 2.31. The zero-order chi connectivity index (χ0) is 25.1. The fraction of sp³-hybridized carbons (Fsp3) is 0.200. The zero-order valence-electron chi connectivity index (χ0n) is 20.5. The van der Waals surface area contributed by atoms with Gasteiger partial charge in [0.2, 0.25) is 0 Å². The molecule has 0 aliphatic carbocycles. The summed E-state index contributed by atoms with van der Waals surface area (Å²) in [4.78, 5) is 27.3. The van der Waals surface area contributed by atoms with Crippen LogP contribution in [0.15, 0.2) is 77.6 Å². The second-order valence-corrected chi connectivity index (χ2v) is 9.05. The molecular formula is C30H29ClN2O2. The van der Waals surface area contributed by atoms with E-state index in [1.807, 2.05) is 79.1 Å². The molecule has 4 nitrogen and oxygen atoms in total. The number of aryl methyl sites for hydroxylation is 4. The molecule has 4 aromatic rings. The smallest absolute Gasteiger partial charge is 0.261 e. The van der Waals surface area contributed by atoms with E-state index in [9.17, 15) is 9.59 Å². The van der Waals surface area contributed by atoms with E-state index in [4.69, 9.17) is 11.6 Å². The van der Waals surface area contributed by atoms with Crippen molar-refractivity contribution >= 4 is 23.2 Å². The van der Waals surface area contributed by atoms with Crippen LogP contribution in [0.5, 0.6) is 0 Å². The number of aromatic nitrogens is 1. The fourth-order valence-electron chi connectivity index (χ4n) is 4.57. The van der Waals surface area contributed by atoms with Gasteiger partial charge in [0.05, 0.1) is 5.69 Å². The van der Waals surface area contributed by atoms with Crippen molar-refractivity contribution in [2.75, 3.05) is 5.32 Å². The number of hydrogen-bond donors (Lipinski definition) is 1. The van der Waals surface area contributed by atoms with Gasteiger partial charge in [-0.25, -0.2) is 0 Å². The summed E-state index contributed by atoms with van der Waals surface area (Å²) in [5.74, 6) is -0.417. The third-order valence-electron chi connectivity index (χ3n) is 6.33. The number of anilines is 1. The zero-order valence-corrected chi connectivity index (χ0v) is 21.2. The summed E-state index contributed by atoms with van der Waals surface area (Å²) in [5.41, 5.74) is 6.49. The van der Waals surface area contributed by atoms with Gasteiger partial charge in [-0.1, -0.05) is 74.0 Å². The van der Waals surface area contributed by atoms with Gasteiger partial charge in [0.25, 0.3) is 5.91 Å². The molecule has 1 amide bonds. The maximum absolute atomic E-state index is 13.9. The molecule has 0 aliphatic heterocycles. The predicted octanol–water partition coefficient (Wildman–Crippen LogP) is 7.15. The summed E-state index contributed by atoms with van der Waals surface area (Å²) in [6, 6.07) is 22.8. The van der Waals surface area contributed by atoms with Crippen LogP contribution >= 0.6 is 11.6 Å². The minimum Gasteiger partial charge on any atom is -0.321 e. The summed E-state index contributed by atoms with van der Waals surface area (Å²) in [6.45, 7) is 7.96. The van der Waals surface area contributed by atoms with Crippen LogP contribution in [0.2, 0.25) is 5.02 Å². The van der Waals surface area contributed by atoms with Crippen LogP contribution in [0.4, 0.5) is 5.69 Å². The van der Waals surface area contributed by atoms with E-state index in [1.165, 1.54) is 6.07 Å². The minimum atomic E-state index is -0.417. The lowest BCUT2D eigenvalue weighted by molar-refractivity contribution is 0.102. The number of nitrogens with zero attached hydrogens (tertiary/aromatic N) is 1. The molecule has 4 rings (SSSR count). The molecule has 0 atom stereocenters. The summed E-state index contributed by atoms with van der Waals surface area (Å²) in [5, 5.41) is 3.67. The Bertz CT molecular complexity index is 1450. The van der Waals surface area contributed by atoms with Gasteiger partial charge in [-0.3, -0.25) is 9.59 Å². The maximum atomic E-state index is 13.9. The lowest BCUT2D eigenvalue weighted by Gasteiger charge is -2.22. The number of pyridine rings is 1. The Labute approximate surface area is 211 Å². The lowest BCUT2D eigenvalue weighted by Crippen LogP contribution is -2.27. The SMILES string of the molecule is CCc1cccc(CC)c1NC(=O)c1c(-c2ccccc2C)n(-c2cccc(Cl)c2)c(C)cc1=O. The molecule has 0 saturated carbocycles. The molecule has 0 radical (unpaired) electrons. The molecule has 1 aromatic heterocycles. The minimum absolute atomic E-state index is 0.109. The Kier molecular flexibility index (Phi) is 7.23. The normalized spacial score (nSPS) is 10.9. The van der Waals surface area contributed by atoms with Gasteiger partial charge < -0.3 is 9.88 Å². The van der Waals surface area contributed by atoms with E-state index >= 15 is 0 Å². The van der Waals surface area contributed by atoms with Gasteiger partial charge in [-0.15, -0.1) is 0 Å². The average Bonchev–Trinajstić information content (AvgIpc) is 2.84.